The maximum atomic E-state index is 12.4. The number of aromatic nitrogens is 2. The molecule has 0 bridgehead atoms. The molecule has 3 atom stereocenters. The van der Waals surface area contributed by atoms with Crippen molar-refractivity contribution in [2.45, 2.75) is 37.8 Å². The molecular weight excluding hydrogens is 260 g/mol. The molecule has 3 rings (SSSR count). The average molecular weight is 280 g/mol. The third-order valence-corrected chi connectivity index (χ3v) is 4.03. The van der Waals surface area contributed by atoms with Crippen molar-refractivity contribution < 1.29 is 14.1 Å². The molecule has 2 fully saturated rings. The monoisotopic (exact) mass is 280 g/mol. The third-order valence-electron chi connectivity index (χ3n) is 4.03. The zero-order valence-electron chi connectivity index (χ0n) is 12.1. The molecule has 20 heavy (non-hydrogen) atoms. The summed E-state index contributed by atoms with van der Waals surface area (Å²) >= 11 is 0. The molecule has 0 spiro atoms. The molecule has 2 aliphatic rings. The molecule has 0 aliphatic carbocycles. The van der Waals surface area contributed by atoms with Crippen LogP contribution in [0.15, 0.2) is 4.52 Å². The van der Waals surface area contributed by atoms with Gasteiger partial charge >= 0.3 is 6.03 Å². The van der Waals surface area contributed by atoms with Crippen LogP contribution < -0.4 is 0 Å². The summed E-state index contributed by atoms with van der Waals surface area (Å²) in [5, 5.41) is 3.84. The number of amides is 2. The van der Waals surface area contributed by atoms with Gasteiger partial charge in [-0.05, 0) is 19.8 Å². The van der Waals surface area contributed by atoms with E-state index in [9.17, 15) is 4.79 Å². The number of hydrogen-bond acceptors (Lipinski definition) is 5. The number of urea groups is 1. The number of carbonyl (C=O) groups excluding carboxylic acids is 1. The normalized spacial score (nSPS) is 29.4. The molecule has 2 aliphatic heterocycles. The molecule has 2 saturated heterocycles. The van der Waals surface area contributed by atoms with Gasteiger partial charge < -0.3 is 19.1 Å². The van der Waals surface area contributed by atoms with Gasteiger partial charge in [0.1, 0.15) is 0 Å². The highest BCUT2D eigenvalue weighted by Gasteiger charge is 2.44. The molecule has 2 amide bonds. The first kappa shape index (κ1) is 13.4. The predicted octanol–water partition coefficient (Wildman–Crippen LogP) is 1.01. The first-order valence-electron chi connectivity index (χ1n) is 6.96. The summed E-state index contributed by atoms with van der Waals surface area (Å²) in [6, 6.07) is 0.191. The van der Waals surface area contributed by atoms with Crippen LogP contribution in [0.4, 0.5) is 4.79 Å². The fraction of sp³-hybridized carbons (Fsp3) is 0.769. The Balaban J connectivity index is 1.83. The second-order valence-electron chi connectivity index (χ2n) is 5.71. The van der Waals surface area contributed by atoms with E-state index in [4.69, 9.17) is 9.26 Å². The Morgan fingerprint density at radius 3 is 2.90 bits per heavy atom. The fourth-order valence-electron chi connectivity index (χ4n) is 3.08. The van der Waals surface area contributed by atoms with Crippen LogP contribution in [0.3, 0.4) is 0 Å². The summed E-state index contributed by atoms with van der Waals surface area (Å²) in [4.78, 5) is 20.2. The Labute approximate surface area is 117 Å². The van der Waals surface area contributed by atoms with Gasteiger partial charge in [-0.15, -0.1) is 0 Å². The van der Waals surface area contributed by atoms with Crippen LogP contribution in [0.2, 0.25) is 0 Å². The minimum absolute atomic E-state index is 0.0198. The van der Waals surface area contributed by atoms with Crippen LogP contribution in [0.5, 0.6) is 0 Å². The molecule has 0 radical (unpaired) electrons. The molecule has 0 aromatic carbocycles. The van der Waals surface area contributed by atoms with E-state index >= 15 is 0 Å². The molecule has 0 saturated carbocycles. The van der Waals surface area contributed by atoms with Gasteiger partial charge in [-0.1, -0.05) is 5.16 Å². The van der Waals surface area contributed by atoms with Crippen molar-refractivity contribution in [1.82, 2.24) is 19.9 Å². The van der Waals surface area contributed by atoms with Crippen molar-refractivity contribution in [3.8, 4) is 0 Å². The van der Waals surface area contributed by atoms with Crippen LogP contribution in [-0.2, 0) is 4.74 Å². The van der Waals surface area contributed by atoms with Gasteiger partial charge in [0.25, 0.3) is 0 Å². The van der Waals surface area contributed by atoms with E-state index in [2.05, 4.69) is 10.1 Å². The summed E-state index contributed by atoms with van der Waals surface area (Å²) < 4.78 is 11.0. The lowest BCUT2D eigenvalue weighted by molar-refractivity contribution is 0.0222. The van der Waals surface area contributed by atoms with E-state index in [1.54, 1.807) is 25.9 Å². The highest BCUT2D eigenvalue weighted by atomic mass is 16.5. The fourth-order valence-corrected chi connectivity index (χ4v) is 3.08. The standard InChI is InChI=1S/C13H20N4O3/c1-8-14-12(20-15-8)9-6-11-10(4-5-19-11)17(7-9)13(18)16(2)3/h9-11H,4-7H2,1-3H3/t9-,10+,11+/m1/s1. The molecule has 1 aromatic rings. The minimum Gasteiger partial charge on any atom is -0.376 e. The molecule has 0 N–H and O–H groups in total. The van der Waals surface area contributed by atoms with Crippen molar-refractivity contribution in [3.63, 3.8) is 0 Å². The molecular formula is C13H20N4O3. The van der Waals surface area contributed by atoms with Crippen molar-refractivity contribution in [2.75, 3.05) is 27.2 Å². The van der Waals surface area contributed by atoms with Gasteiger partial charge in [-0.2, -0.15) is 4.98 Å². The van der Waals surface area contributed by atoms with Gasteiger partial charge in [0, 0.05) is 27.2 Å². The summed E-state index contributed by atoms with van der Waals surface area (Å²) in [5.41, 5.74) is 0. The maximum Gasteiger partial charge on any atom is 0.319 e. The Bertz CT molecular complexity index is 502. The molecule has 3 heterocycles. The first-order chi connectivity index (χ1) is 9.56. The van der Waals surface area contributed by atoms with Gasteiger partial charge in [-0.3, -0.25) is 0 Å². The molecule has 1 aromatic heterocycles. The number of rotatable bonds is 1. The van der Waals surface area contributed by atoms with Crippen molar-refractivity contribution >= 4 is 6.03 Å². The van der Waals surface area contributed by atoms with Gasteiger partial charge in [0.2, 0.25) is 5.89 Å². The Morgan fingerprint density at radius 1 is 1.45 bits per heavy atom. The smallest absolute Gasteiger partial charge is 0.319 e. The second kappa shape index (κ2) is 5.05. The second-order valence-corrected chi connectivity index (χ2v) is 5.71. The largest absolute Gasteiger partial charge is 0.376 e. The number of fused-ring (bicyclic) bond motifs is 1. The van der Waals surface area contributed by atoms with E-state index in [-0.39, 0.29) is 24.1 Å². The quantitative estimate of drug-likeness (QED) is 0.767. The molecule has 110 valence electrons. The number of likely N-dealkylation sites (tertiary alicyclic amines) is 1. The zero-order chi connectivity index (χ0) is 14.3. The van der Waals surface area contributed by atoms with Crippen LogP contribution in [0, 0.1) is 6.92 Å². The SMILES string of the molecule is Cc1noc([C@@H]2C[C@@H]3OCC[C@@H]3N(C(=O)N(C)C)C2)n1. The van der Waals surface area contributed by atoms with Gasteiger partial charge in [0.05, 0.1) is 18.1 Å². The number of nitrogens with zero attached hydrogens (tertiary/aromatic N) is 4. The van der Waals surface area contributed by atoms with E-state index in [1.807, 2.05) is 4.90 Å². The first-order valence-corrected chi connectivity index (χ1v) is 6.96. The number of aryl methyl sites for hydroxylation is 1. The highest BCUT2D eigenvalue weighted by Crippen LogP contribution is 2.35. The molecule has 7 nitrogen and oxygen atoms in total. The molecule has 7 heteroatoms. The highest BCUT2D eigenvalue weighted by molar-refractivity contribution is 5.74. The summed E-state index contributed by atoms with van der Waals surface area (Å²) in [5.74, 6) is 1.28. The van der Waals surface area contributed by atoms with Crippen LogP contribution in [0.25, 0.3) is 0 Å². The number of hydrogen-bond donors (Lipinski definition) is 0. The Hall–Kier alpha value is -1.63. The van der Waals surface area contributed by atoms with Crippen LogP contribution in [-0.4, -0.2) is 65.4 Å². The van der Waals surface area contributed by atoms with Crippen molar-refractivity contribution in [2.24, 2.45) is 0 Å². The number of piperidine rings is 1. The Kier molecular flexibility index (Phi) is 3.37. The van der Waals surface area contributed by atoms with Gasteiger partial charge in [0.15, 0.2) is 5.82 Å². The van der Waals surface area contributed by atoms with Gasteiger partial charge in [-0.25, -0.2) is 4.79 Å². The van der Waals surface area contributed by atoms with Crippen LogP contribution >= 0.6 is 0 Å². The van der Waals surface area contributed by atoms with Crippen molar-refractivity contribution in [3.05, 3.63) is 11.7 Å². The van der Waals surface area contributed by atoms with E-state index < -0.39 is 0 Å². The lowest BCUT2D eigenvalue weighted by Crippen LogP contribution is -2.54. The maximum absolute atomic E-state index is 12.4. The average Bonchev–Trinajstić information content (AvgIpc) is 3.04. The summed E-state index contributed by atoms with van der Waals surface area (Å²) in [6.07, 6.45) is 1.81. The summed E-state index contributed by atoms with van der Waals surface area (Å²) in [6.45, 7) is 3.12. The Morgan fingerprint density at radius 2 is 2.25 bits per heavy atom. The zero-order valence-corrected chi connectivity index (χ0v) is 12.1. The topological polar surface area (TPSA) is 71.7 Å². The molecule has 0 unspecified atom stereocenters. The van der Waals surface area contributed by atoms with Crippen molar-refractivity contribution in [1.29, 1.82) is 0 Å². The summed E-state index contributed by atoms with van der Waals surface area (Å²) in [7, 11) is 3.54. The number of ether oxygens (including phenoxy) is 1. The van der Waals surface area contributed by atoms with E-state index in [1.165, 1.54) is 0 Å². The number of carbonyl (C=O) groups is 1. The van der Waals surface area contributed by atoms with E-state index in [0.29, 0.717) is 24.9 Å². The van der Waals surface area contributed by atoms with Crippen LogP contribution in [0.1, 0.15) is 30.5 Å². The lowest BCUT2D eigenvalue weighted by atomic mass is 9.90. The minimum atomic E-state index is 0.0198. The third kappa shape index (κ3) is 2.26. The van der Waals surface area contributed by atoms with E-state index in [0.717, 1.165) is 12.8 Å². The lowest BCUT2D eigenvalue weighted by Gasteiger charge is -2.40. The predicted molar refractivity (Wildman–Crippen MR) is 70.3 cm³/mol.